The number of methoxy groups -OCH3 is 2. The minimum atomic E-state index is 0.380. The van der Waals surface area contributed by atoms with Gasteiger partial charge in [0.15, 0.2) is 11.5 Å². The number of rotatable bonds is 7. The van der Waals surface area contributed by atoms with Crippen LogP contribution in [0.3, 0.4) is 0 Å². The van der Waals surface area contributed by atoms with Gasteiger partial charge in [-0.25, -0.2) is 4.98 Å². The molecule has 0 aliphatic rings. The Morgan fingerprint density at radius 3 is 2.62 bits per heavy atom. The van der Waals surface area contributed by atoms with Crippen LogP contribution in [-0.4, -0.2) is 25.2 Å². The lowest BCUT2D eigenvalue weighted by molar-refractivity contribution is 0.354. The van der Waals surface area contributed by atoms with E-state index >= 15 is 0 Å². The van der Waals surface area contributed by atoms with Gasteiger partial charge < -0.3 is 14.8 Å². The van der Waals surface area contributed by atoms with Crippen molar-refractivity contribution < 1.29 is 9.47 Å². The molecule has 1 heterocycles. The van der Waals surface area contributed by atoms with E-state index in [-0.39, 0.29) is 0 Å². The Kier molecular flexibility index (Phi) is 5.59. The molecule has 0 saturated heterocycles. The van der Waals surface area contributed by atoms with E-state index in [0.717, 1.165) is 29.5 Å². The number of aromatic nitrogens is 1. The van der Waals surface area contributed by atoms with Crippen molar-refractivity contribution in [2.75, 3.05) is 14.2 Å². The van der Waals surface area contributed by atoms with Crippen molar-refractivity contribution >= 4 is 11.3 Å². The van der Waals surface area contributed by atoms with Crippen LogP contribution in [-0.2, 0) is 13.0 Å². The lowest BCUT2D eigenvalue weighted by atomic mass is 10.1. The number of hydrogen-bond acceptors (Lipinski definition) is 5. The van der Waals surface area contributed by atoms with Gasteiger partial charge in [-0.15, -0.1) is 11.3 Å². The van der Waals surface area contributed by atoms with Gasteiger partial charge >= 0.3 is 0 Å². The summed E-state index contributed by atoms with van der Waals surface area (Å²) in [6.07, 6.45) is 2.88. The minimum Gasteiger partial charge on any atom is -0.493 e. The summed E-state index contributed by atoms with van der Waals surface area (Å²) < 4.78 is 10.6. The molecule has 1 aromatic carbocycles. The second-order valence-electron chi connectivity index (χ2n) is 5.02. The fourth-order valence-electron chi connectivity index (χ4n) is 2.20. The van der Waals surface area contributed by atoms with Crippen LogP contribution in [0, 0.1) is 6.92 Å². The molecule has 0 amide bonds. The molecule has 1 atom stereocenters. The molecular formula is C16H22N2O2S. The van der Waals surface area contributed by atoms with Crippen LogP contribution in [0.15, 0.2) is 24.4 Å². The average molecular weight is 306 g/mol. The molecule has 114 valence electrons. The summed E-state index contributed by atoms with van der Waals surface area (Å²) in [6, 6.07) is 6.45. The van der Waals surface area contributed by atoms with Crippen LogP contribution in [0.5, 0.6) is 11.5 Å². The van der Waals surface area contributed by atoms with E-state index in [1.807, 2.05) is 25.3 Å². The summed E-state index contributed by atoms with van der Waals surface area (Å²) in [5.74, 6) is 1.54. The molecule has 2 rings (SSSR count). The standard InChI is InChI=1S/C16H22N2O2S/c1-11(17-9-14-10-18-12(2)21-14)7-13-5-6-15(19-3)16(8-13)20-4/h5-6,8,10-11,17H,7,9H2,1-4H3. The Bertz CT molecular complexity index is 583. The molecular weight excluding hydrogens is 284 g/mol. The Hall–Kier alpha value is -1.59. The van der Waals surface area contributed by atoms with Crippen LogP contribution in [0.4, 0.5) is 0 Å². The molecule has 0 aliphatic heterocycles. The number of ether oxygens (including phenoxy) is 2. The van der Waals surface area contributed by atoms with Crippen molar-refractivity contribution in [3.05, 3.63) is 39.8 Å². The topological polar surface area (TPSA) is 43.4 Å². The maximum absolute atomic E-state index is 5.34. The van der Waals surface area contributed by atoms with E-state index in [1.54, 1.807) is 25.6 Å². The summed E-state index contributed by atoms with van der Waals surface area (Å²) >= 11 is 1.74. The van der Waals surface area contributed by atoms with Gasteiger partial charge in [-0.2, -0.15) is 0 Å². The molecule has 0 bridgehead atoms. The van der Waals surface area contributed by atoms with Gasteiger partial charge in [-0.05, 0) is 38.0 Å². The van der Waals surface area contributed by atoms with Gasteiger partial charge in [0.1, 0.15) is 0 Å². The van der Waals surface area contributed by atoms with E-state index < -0.39 is 0 Å². The minimum absolute atomic E-state index is 0.380. The zero-order valence-corrected chi connectivity index (χ0v) is 13.8. The summed E-state index contributed by atoms with van der Waals surface area (Å²) in [7, 11) is 3.31. The van der Waals surface area contributed by atoms with Crippen LogP contribution in [0.2, 0.25) is 0 Å². The molecule has 0 radical (unpaired) electrons. The number of aryl methyl sites for hydroxylation is 1. The van der Waals surface area contributed by atoms with E-state index in [9.17, 15) is 0 Å². The Labute approximate surface area is 130 Å². The van der Waals surface area contributed by atoms with Gasteiger partial charge in [0.05, 0.1) is 19.2 Å². The van der Waals surface area contributed by atoms with Gasteiger partial charge in [0, 0.05) is 23.7 Å². The Balaban J connectivity index is 1.91. The summed E-state index contributed by atoms with van der Waals surface area (Å²) in [5, 5.41) is 4.64. The fraction of sp³-hybridized carbons (Fsp3) is 0.438. The third-order valence-electron chi connectivity index (χ3n) is 3.28. The number of hydrogen-bond donors (Lipinski definition) is 1. The SMILES string of the molecule is COc1ccc(CC(C)NCc2cnc(C)s2)cc1OC. The fourth-order valence-corrected chi connectivity index (χ4v) is 2.94. The second-order valence-corrected chi connectivity index (χ2v) is 6.34. The summed E-state index contributed by atoms with van der Waals surface area (Å²) in [5.41, 5.74) is 1.23. The number of thiazole rings is 1. The summed E-state index contributed by atoms with van der Waals surface area (Å²) in [6.45, 7) is 5.08. The first-order valence-corrected chi connectivity index (χ1v) is 7.79. The predicted octanol–water partition coefficient (Wildman–Crippen LogP) is 3.19. The van der Waals surface area contributed by atoms with Crippen molar-refractivity contribution in [2.45, 2.75) is 32.9 Å². The van der Waals surface area contributed by atoms with Crippen LogP contribution >= 0.6 is 11.3 Å². The average Bonchev–Trinajstić information content (AvgIpc) is 2.90. The summed E-state index contributed by atoms with van der Waals surface area (Å²) in [4.78, 5) is 5.54. The van der Waals surface area contributed by atoms with Crippen LogP contribution in [0.25, 0.3) is 0 Å². The molecule has 0 aliphatic carbocycles. The highest BCUT2D eigenvalue weighted by atomic mass is 32.1. The normalized spacial score (nSPS) is 12.2. The van der Waals surface area contributed by atoms with Gasteiger partial charge in [0.2, 0.25) is 0 Å². The smallest absolute Gasteiger partial charge is 0.160 e. The van der Waals surface area contributed by atoms with Gasteiger partial charge in [-0.1, -0.05) is 6.07 Å². The molecule has 21 heavy (non-hydrogen) atoms. The van der Waals surface area contributed by atoms with Gasteiger partial charge in [0.25, 0.3) is 0 Å². The zero-order chi connectivity index (χ0) is 15.2. The highest BCUT2D eigenvalue weighted by Gasteiger charge is 2.08. The van der Waals surface area contributed by atoms with Crippen LogP contribution < -0.4 is 14.8 Å². The third kappa shape index (κ3) is 4.44. The highest BCUT2D eigenvalue weighted by Crippen LogP contribution is 2.28. The largest absolute Gasteiger partial charge is 0.493 e. The molecule has 5 heteroatoms. The molecule has 1 N–H and O–H groups in total. The molecule has 0 saturated carbocycles. The molecule has 0 spiro atoms. The molecule has 1 aromatic heterocycles. The van der Waals surface area contributed by atoms with Crippen LogP contribution in [0.1, 0.15) is 22.4 Å². The Morgan fingerprint density at radius 2 is 2.00 bits per heavy atom. The lowest BCUT2D eigenvalue weighted by Crippen LogP contribution is -2.27. The molecule has 2 aromatic rings. The number of nitrogens with one attached hydrogen (secondary N) is 1. The van der Waals surface area contributed by atoms with Crippen molar-refractivity contribution in [2.24, 2.45) is 0 Å². The van der Waals surface area contributed by atoms with Crippen molar-refractivity contribution in [1.82, 2.24) is 10.3 Å². The quantitative estimate of drug-likeness (QED) is 0.853. The lowest BCUT2D eigenvalue weighted by Gasteiger charge is -2.15. The van der Waals surface area contributed by atoms with E-state index in [1.165, 1.54) is 10.4 Å². The monoisotopic (exact) mass is 306 g/mol. The Morgan fingerprint density at radius 1 is 1.24 bits per heavy atom. The second kappa shape index (κ2) is 7.43. The van der Waals surface area contributed by atoms with Gasteiger partial charge in [-0.3, -0.25) is 0 Å². The van der Waals surface area contributed by atoms with Crippen molar-refractivity contribution in [3.8, 4) is 11.5 Å². The first kappa shape index (κ1) is 15.8. The molecule has 4 nitrogen and oxygen atoms in total. The number of benzene rings is 1. The van der Waals surface area contributed by atoms with E-state index in [4.69, 9.17) is 9.47 Å². The number of nitrogens with zero attached hydrogens (tertiary/aromatic N) is 1. The van der Waals surface area contributed by atoms with E-state index in [2.05, 4.69) is 23.3 Å². The maximum Gasteiger partial charge on any atom is 0.160 e. The first-order valence-electron chi connectivity index (χ1n) is 6.98. The maximum atomic E-state index is 5.34. The highest BCUT2D eigenvalue weighted by molar-refractivity contribution is 7.11. The molecule has 0 fully saturated rings. The first-order chi connectivity index (χ1) is 10.1. The predicted molar refractivity (Wildman–Crippen MR) is 86.4 cm³/mol. The zero-order valence-electron chi connectivity index (χ0n) is 13.0. The van der Waals surface area contributed by atoms with E-state index in [0.29, 0.717) is 6.04 Å². The molecule has 1 unspecified atom stereocenters. The third-order valence-corrected chi connectivity index (χ3v) is 4.20. The van der Waals surface area contributed by atoms with Crippen molar-refractivity contribution in [3.63, 3.8) is 0 Å². The van der Waals surface area contributed by atoms with Crippen molar-refractivity contribution in [1.29, 1.82) is 0 Å².